The number of hydrogen-bond acceptors (Lipinski definition) is 3. The topological polar surface area (TPSA) is 66.6 Å². The lowest BCUT2D eigenvalue weighted by Gasteiger charge is -2.24. The molecule has 0 aliphatic rings. The summed E-state index contributed by atoms with van der Waals surface area (Å²) in [6, 6.07) is 6.99. The van der Waals surface area contributed by atoms with E-state index in [-0.39, 0.29) is 12.5 Å². The van der Waals surface area contributed by atoms with E-state index >= 15 is 0 Å². The molecule has 100 valence electrons. The average molecular weight is 250 g/mol. The van der Waals surface area contributed by atoms with Gasteiger partial charge in [0, 0.05) is 13.1 Å². The number of nitrogens with two attached hydrogens (primary N) is 1. The number of aryl methyl sites for hydroxylation is 1. The standard InChI is InChI=1S/C14H22N2O2/c1-3-8-16(9-10-17)14(18)13(15)12-6-4-11(2)5-7-12/h4-7,13,17H,3,8-10,15H2,1-2H3. The molecule has 0 saturated heterocycles. The van der Waals surface area contributed by atoms with Crippen LogP contribution in [0.15, 0.2) is 24.3 Å². The quantitative estimate of drug-likeness (QED) is 0.798. The smallest absolute Gasteiger partial charge is 0.244 e. The lowest BCUT2D eigenvalue weighted by Crippen LogP contribution is -2.40. The molecule has 3 N–H and O–H groups in total. The van der Waals surface area contributed by atoms with E-state index in [1.807, 2.05) is 38.1 Å². The first kappa shape index (κ1) is 14.7. The molecule has 0 heterocycles. The SMILES string of the molecule is CCCN(CCO)C(=O)C(N)c1ccc(C)cc1. The summed E-state index contributed by atoms with van der Waals surface area (Å²) in [6.07, 6.45) is 0.854. The molecule has 4 heteroatoms. The minimum Gasteiger partial charge on any atom is -0.395 e. The molecule has 1 aromatic rings. The Morgan fingerprint density at radius 1 is 1.33 bits per heavy atom. The van der Waals surface area contributed by atoms with Crippen LogP contribution in [0.4, 0.5) is 0 Å². The maximum Gasteiger partial charge on any atom is 0.244 e. The molecule has 1 aromatic carbocycles. The fourth-order valence-electron chi connectivity index (χ4n) is 1.84. The number of benzene rings is 1. The van der Waals surface area contributed by atoms with E-state index in [1.54, 1.807) is 4.90 Å². The summed E-state index contributed by atoms with van der Waals surface area (Å²) in [5, 5.41) is 8.97. The van der Waals surface area contributed by atoms with Crippen molar-refractivity contribution in [1.82, 2.24) is 4.90 Å². The van der Waals surface area contributed by atoms with Crippen molar-refractivity contribution < 1.29 is 9.90 Å². The van der Waals surface area contributed by atoms with Gasteiger partial charge in [-0.3, -0.25) is 4.79 Å². The highest BCUT2D eigenvalue weighted by molar-refractivity contribution is 5.83. The molecule has 1 amide bonds. The molecule has 18 heavy (non-hydrogen) atoms. The first-order valence-corrected chi connectivity index (χ1v) is 6.32. The number of rotatable bonds is 6. The van der Waals surface area contributed by atoms with Gasteiger partial charge in [-0.05, 0) is 18.9 Å². The summed E-state index contributed by atoms with van der Waals surface area (Å²) in [5.41, 5.74) is 7.93. The first-order valence-electron chi connectivity index (χ1n) is 6.32. The molecule has 0 bridgehead atoms. The van der Waals surface area contributed by atoms with Crippen molar-refractivity contribution in [2.75, 3.05) is 19.7 Å². The van der Waals surface area contributed by atoms with E-state index in [2.05, 4.69) is 0 Å². The number of amides is 1. The predicted molar refractivity (Wildman–Crippen MR) is 72.1 cm³/mol. The van der Waals surface area contributed by atoms with Crippen molar-refractivity contribution in [2.45, 2.75) is 26.3 Å². The molecule has 4 nitrogen and oxygen atoms in total. The Labute approximate surface area is 108 Å². The molecular weight excluding hydrogens is 228 g/mol. The number of nitrogens with zero attached hydrogens (tertiary/aromatic N) is 1. The molecule has 0 radical (unpaired) electrons. The van der Waals surface area contributed by atoms with E-state index in [0.29, 0.717) is 13.1 Å². The van der Waals surface area contributed by atoms with Crippen LogP contribution in [0.5, 0.6) is 0 Å². The van der Waals surface area contributed by atoms with Crippen molar-refractivity contribution in [3.05, 3.63) is 35.4 Å². The minimum absolute atomic E-state index is 0.0354. The van der Waals surface area contributed by atoms with Gasteiger partial charge in [-0.1, -0.05) is 36.8 Å². The van der Waals surface area contributed by atoms with Crippen LogP contribution in [0.3, 0.4) is 0 Å². The highest BCUT2D eigenvalue weighted by Crippen LogP contribution is 2.14. The van der Waals surface area contributed by atoms with Crippen LogP contribution < -0.4 is 5.73 Å². The van der Waals surface area contributed by atoms with Gasteiger partial charge in [0.15, 0.2) is 0 Å². The van der Waals surface area contributed by atoms with E-state index in [9.17, 15) is 4.79 Å². The monoisotopic (exact) mass is 250 g/mol. The van der Waals surface area contributed by atoms with Gasteiger partial charge >= 0.3 is 0 Å². The molecule has 1 rings (SSSR count). The summed E-state index contributed by atoms with van der Waals surface area (Å²) in [6.45, 7) is 4.92. The third kappa shape index (κ3) is 3.82. The Hall–Kier alpha value is -1.39. The van der Waals surface area contributed by atoms with Crippen LogP contribution in [0, 0.1) is 6.92 Å². The summed E-state index contributed by atoms with van der Waals surface area (Å²) in [7, 11) is 0. The Morgan fingerprint density at radius 2 is 1.94 bits per heavy atom. The zero-order chi connectivity index (χ0) is 13.5. The maximum atomic E-state index is 12.2. The fraction of sp³-hybridized carbons (Fsp3) is 0.500. The average Bonchev–Trinajstić information content (AvgIpc) is 2.38. The fourth-order valence-corrected chi connectivity index (χ4v) is 1.84. The second kappa shape index (κ2) is 7.13. The van der Waals surface area contributed by atoms with Crippen LogP contribution in [-0.4, -0.2) is 35.6 Å². The van der Waals surface area contributed by atoms with Gasteiger partial charge in [-0.15, -0.1) is 0 Å². The molecule has 0 aliphatic carbocycles. The molecule has 0 aromatic heterocycles. The van der Waals surface area contributed by atoms with E-state index < -0.39 is 6.04 Å². The zero-order valence-corrected chi connectivity index (χ0v) is 11.1. The van der Waals surface area contributed by atoms with Crippen LogP contribution >= 0.6 is 0 Å². The summed E-state index contributed by atoms with van der Waals surface area (Å²) in [5.74, 6) is -0.130. The number of carbonyl (C=O) groups excluding carboxylic acids is 1. The largest absolute Gasteiger partial charge is 0.395 e. The molecular formula is C14H22N2O2. The Morgan fingerprint density at radius 3 is 2.44 bits per heavy atom. The Bertz CT molecular complexity index is 370. The highest BCUT2D eigenvalue weighted by atomic mass is 16.3. The normalized spacial score (nSPS) is 12.2. The van der Waals surface area contributed by atoms with Crippen molar-refractivity contribution in [3.8, 4) is 0 Å². The molecule has 0 aliphatic heterocycles. The van der Waals surface area contributed by atoms with Crippen molar-refractivity contribution in [3.63, 3.8) is 0 Å². The number of carbonyl (C=O) groups is 1. The minimum atomic E-state index is -0.649. The van der Waals surface area contributed by atoms with E-state index in [4.69, 9.17) is 10.8 Å². The second-order valence-corrected chi connectivity index (χ2v) is 4.44. The molecule has 1 unspecified atom stereocenters. The lowest BCUT2D eigenvalue weighted by molar-refractivity contribution is -0.133. The van der Waals surface area contributed by atoms with Crippen molar-refractivity contribution >= 4 is 5.91 Å². The summed E-state index contributed by atoms with van der Waals surface area (Å²) >= 11 is 0. The zero-order valence-electron chi connectivity index (χ0n) is 11.1. The Balaban J connectivity index is 2.77. The van der Waals surface area contributed by atoms with Gasteiger partial charge in [0.25, 0.3) is 0 Å². The van der Waals surface area contributed by atoms with Crippen LogP contribution in [0.1, 0.15) is 30.5 Å². The number of aliphatic hydroxyl groups excluding tert-OH is 1. The summed E-state index contributed by atoms with van der Waals surface area (Å²) in [4.78, 5) is 13.8. The van der Waals surface area contributed by atoms with Gasteiger partial charge < -0.3 is 15.7 Å². The van der Waals surface area contributed by atoms with Gasteiger partial charge in [0.2, 0.25) is 5.91 Å². The van der Waals surface area contributed by atoms with Gasteiger partial charge in [-0.2, -0.15) is 0 Å². The first-order chi connectivity index (χ1) is 8.60. The third-order valence-electron chi connectivity index (χ3n) is 2.88. The van der Waals surface area contributed by atoms with Gasteiger partial charge in [0.05, 0.1) is 6.61 Å². The molecule has 0 saturated carbocycles. The third-order valence-corrected chi connectivity index (χ3v) is 2.88. The predicted octanol–water partition coefficient (Wildman–Crippen LogP) is 1.23. The number of hydrogen-bond donors (Lipinski definition) is 2. The van der Waals surface area contributed by atoms with E-state index in [1.165, 1.54) is 0 Å². The van der Waals surface area contributed by atoms with Crippen LogP contribution in [-0.2, 0) is 4.79 Å². The van der Waals surface area contributed by atoms with Gasteiger partial charge in [0.1, 0.15) is 6.04 Å². The van der Waals surface area contributed by atoms with Crippen molar-refractivity contribution in [2.24, 2.45) is 5.73 Å². The highest BCUT2D eigenvalue weighted by Gasteiger charge is 2.21. The van der Waals surface area contributed by atoms with Gasteiger partial charge in [-0.25, -0.2) is 0 Å². The van der Waals surface area contributed by atoms with Crippen molar-refractivity contribution in [1.29, 1.82) is 0 Å². The second-order valence-electron chi connectivity index (χ2n) is 4.44. The van der Waals surface area contributed by atoms with Crippen LogP contribution in [0.2, 0.25) is 0 Å². The van der Waals surface area contributed by atoms with Crippen LogP contribution in [0.25, 0.3) is 0 Å². The molecule has 0 spiro atoms. The van der Waals surface area contributed by atoms with E-state index in [0.717, 1.165) is 17.5 Å². The lowest BCUT2D eigenvalue weighted by atomic mass is 10.0. The molecule has 0 fully saturated rings. The summed E-state index contributed by atoms with van der Waals surface area (Å²) < 4.78 is 0. The number of aliphatic hydroxyl groups is 1. The molecule has 1 atom stereocenters. The maximum absolute atomic E-state index is 12.2. The Kier molecular flexibility index (Phi) is 5.82.